The van der Waals surface area contributed by atoms with Crippen LogP contribution in [0.2, 0.25) is 0 Å². The molecule has 3 aromatic carbocycles. The molecule has 34 heavy (non-hydrogen) atoms. The molecule has 3 heteroatoms. The van der Waals surface area contributed by atoms with Crippen LogP contribution in [0.15, 0.2) is 115 Å². The summed E-state index contributed by atoms with van der Waals surface area (Å²) in [5.41, 5.74) is 7.29. The maximum atomic E-state index is 14.0. The molecule has 0 bridgehead atoms. The molecule has 0 aliphatic carbocycles. The van der Waals surface area contributed by atoms with Gasteiger partial charge in [-0.25, -0.2) is 0 Å². The van der Waals surface area contributed by atoms with E-state index < -0.39 is 0 Å². The van der Waals surface area contributed by atoms with Crippen molar-refractivity contribution in [1.82, 2.24) is 9.88 Å². The van der Waals surface area contributed by atoms with Crippen molar-refractivity contribution in [3.8, 4) is 11.1 Å². The lowest BCUT2D eigenvalue weighted by molar-refractivity contribution is 0.0582. The van der Waals surface area contributed by atoms with Crippen LogP contribution in [-0.4, -0.2) is 15.8 Å². The zero-order valence-corrected chi connectivity index (χ0v) is 19.6. The molecular weight excluding hydrogens is 416 g/mol. The summed E-state index contributed by atoms with van der Waals surface area (Å²) in [5, 5.41) is 0. The number of aromatic nitrogens is 1. The molecule has 4 aromatic rings. The number of hydrogen-bond acceptors (Lipinski definition) is 2. The molecule has 1 aromatic heterocycles. The van der Waals surface area contributed by atoms with Gasteiger partial charge in [-0.3, -0.25) is 9.78 Å². The number of hydrogen-bond donors (Lipinski definition) is 0. The van der Waals surface area contributed by atoms with Gasteiger partial charge in [0.1, 0.15) is 0 Å². The molecule has 0 saturated heterocycles. The average molecular weight is 445 g/mol. The zero-order valence-electron chi connectivity index (χ0n) is 19.6. The van der Waals surface area contributed by atoms with Crippen molar-refractivity contribution >= 4 is 5.91 Å². The standard InChI is InChI=1S/C31H28N2O/c1-22-18-19-29(27-20-28(23(2)32-21-27)24-12-6-3-7-13-24)33(30(22)25-14-8-4-9-15-25)31(34)26-16-10-5-11-17-26/h3-18,20-21,29-30H,19H2,1-2H3/t29-,30-/m0/s1. The van der Waals surface area contributed by atoms with Crippen LogP contribution in [0.25, 0.3) is 11.1 Å². The molecule has 1 amide bonds. The Balaban J connectivity index is 1.64. The second-order valence-electron chi connectivity index (χ2n) is 8.86. The maximum Gasteiger partial charge on any atom is 0.255 e. The Bertz CT molecular complexity index is 1310. The summed E-state index contributed by atoms with van der Waals surface area (Å²) in [6.45, 7) is 4.17. The van der Waals surface area contributed by atoms with E-state index in [4.69, 9.17) is 4.98 Å². The minimum atomic E-state index is -0.130. The number of carbonyl (C=O) groups is 1. The highest BCUT2D eigenvalue weighted by molar-refractivity contribution is 5.95. The number of benzene rings is 3. The molecule has 1 aliphatic rings. The molecule has 0 N–H and O–H groups in total. The second kappa shape index (κ2) is 9.48. The highest BCUT2D eigenvalue weighted by Crippen LogP contribution is 2.43. The molecule has 2 atom stereocenters. The molecule has 2 heterocycles. The van der Waals surface area contributed by atoms with E-state index in [0.717, 1.165) is 34.4 Å². The summed E-state index contributed by atoms with van der Waals surface area (Å²) in [4.78, 5) is 20.8. The Morgan fingerprint density at radius 3 is 2.12 bits per heavy atom. The quantitative estimate of drug-likeness (QED) is 0.309. The monoisotopic (exact) mass is 444 g/mol. The first kappa shape index (κ1) is 21.8. The minimum Gasteiger partial charge on any atom is -0.320 e. The molecule has 1 aliphatic heterocycles. The fraction of sp³-hybridized carbons (Fsp3) is 0.161. The van der Waals surface area contributed by atoms with Gasteiger partial charge < -0.3 is 4.90 Å². The Morgan fingerprint density at radius 1 is 0.824 bits per heavy atom. The third-order valence-corrected chi connectivity index (χ3v) is 6.66. The second-order valence-corrected chi connectivity index (χ2v) is 8.86. The van der Waals surface area contributed by atoms with Crippen molar-refractivity contribution in [2.24, 2.45) is 0 Å². The van der Waals surface area contributed by atoms with Gasteiger partial charge in [-0.2, -0.15) is 0 Å². The first-order valence-electron chi connectivity index (χ1n) is 11.7. The van der Waals surface area contributed by atoms with Gasteiger partial charge >= 0.3 is 0 Å². The van der Waals surface area contributed by atoms with Crippen LogP contribution in [-0.2, 0) is 0 Å². The molecule has 5 rings (SSSR count). The molecule has 0 unspecified atom stereocenters. The summed E-state index contributed by atoms with van der Waals surface area (Å²) < 4.78 is 0. The Hall–Kier alpha value is -3.98. The summed E-state index contributed by atoms with van der Waals surface area (Å²) in [6.07, 6.45) is 4.97. The molecule has 0 spiro atoms. The number of nitrogens with zero attached hydrogens (tertiary/aromatic N) is 2. The van der Waals surface area contributed by atoms with E-state index in [1.54, 1.807) is 0 Å². The Morgan fingerprint density at radius 2 is 1.44 bits per heavy atom. The van der Waals surface area contributed by atoms with E-state index in [0.29, 0.717) is 5.56 Å². The van der Waals surface area contributed by atoms with Gasteiger partial charge in [-0.1, -0.05) is 90.5 Å². The van der Waals surface area contributed by atoms with E-state index in [2.05, 4.69) is 48.2 Å². The number of pyridine rings is 1. The topological polar surface area (TPSA) is 33.2 Å². The van der Waals surface area contributed by atoms with E-state index in [1.807, 2.05) is 79.9 Å². The third-order valence-electron chi connectivity index (χ3n) is 6.66. The van der Waals surface area contributed by atoms with Gasteiger partial charge in [0.15, 0.2) is 0 Å². The first-order chi connectivity index (χ1) is 16.6. The van der Waals surface area contributed by atoms with E-state index in [1.165, 1.54) is 5.57 Å². The zero-order chi connectivity index (χ0) is 23.5. The Kier molecular flexibility index (Phi) is 6.09. The molecule has 0 radical (unpaired) electrons. The molecule has 3 nitrogen and oxygen atoms in total. The van der Waals surface area contributed by atoms with Gasteiger partial charge in [0.2, 0.25) is 0 Å². The summed E-state index contributed by atoms with van der Waals surface area (Å²) >= 11 is 0. The predicted molar refractivity (Wildman–Crippen MR) is 137 cm³/mol. The van der Waals surface area contributed by atoms with Crippen molar-refractivity contribution in [3.63, 3.8) is 0 Å². The normalized spacial score (nSPS) is 17.8. The number of amides is 1. The fourth-order valence-corrected chi connectivity index (χ4v) is 4.91. The van der Waals surface area contributed by atoms with Gasteiger partial charge in [-0.15, -0.1) is 0 Å². The lowest BCUT2D eigenvalue weighted by Crippen LogP contribution is -2.40. The summed E-state index contributed by atoms with van der Waals surface area (Å²) in [6, 6.07) is 32.2. The van der Waals surface area contributed by atoms with Crippen LogP contribution in [0.4, 0.5) is 0 Å². The SMILES string of the molecule is CC1=CC[C@@H](c2cnc(C)c(-c3ccccc3)c2)N(C(=O)c2ccccc2)[C@@H]1c1ccccc1. The van der Waals surface area contributed by atoms with Crippen LogP contribution in [0, 0.1) is 6.92 Å². The number of carbonyl (C=O) groups excluding carboxylic acids is 1. The average Bonchev–Trinajstić information content (AvgIpc) is 2.90. The largest absolute Gasteiger partial charge is 0.320 e. The number of aryl methyl sites for hydroxylation is 1. The molecular formula is C31H28N2O. The van der Waals surface area contributed by atoms with Gasteiger partial charge in [0, 0.05) is 23.0 Å². The fourth-order valence-electron chi connectivity index (χ4n) is 4.91. The maximum absolute atomic E-state index is 14.0. The van der Waals surface area contributed by atoms with Crippen LogP contribution >= 0.6 is 0 Å². The van der Waals surface area contributed by atoms with Crippen molar-refractivity contribution in [2.75, 3.05) is 0 Å². The van der Waals surface area contributed by atoms with Gasteiger partial charge in [0.25, 0.3) is 5.91 Å². The van der Waals surface area contributed by atoms with Crippen LogP contribution < -0.4 is 0 Å². The van der Waals surface area contributed by atoms with Gasteiger partial charge in [0.05, 0.1) is 12.1 Å². The minimum absolute atomic E-state index is 0.0359. The van der Waals surface area contributed by atoms with Crippen LogP contribution in [0.1, 0.15) is 52.6 Å². The third kappa shape index (κ3) is 4.17. The molecule has 0 fully saturated rings. The smallest absolute Gasteiger partial charge is 0.255 e. The lowest BCUT2D eigenvalue weighted by atomic mass is 9.86. The van der Waals surface area contributed by atoms with E-state index in [-0.39, 0.29) is 18.0 Å². The predicted octanol–water partition coefficient (Wildman–Crippen LogP) is 7.33. The van der Waals surface area contributed by atoms with Crippen molar-refractivity contribution in [1.29, 1.82) is 0 Å². The Labute approximate surface area is 201 Å². The molecule has 168 valence electrons. The summed E-state index contributed by atoms with van der Waals surface area (Å²) in [5.74, 6) is 0.0359. The summed E-state index contributed by atoms with van der Waals surface area (Å²) in [7, 11) is 0. The van der Waals surface area contributed by atoms with E-state index in [9.17, 15) is 4.79 Å². The van der Waals surface area contributed by atoms with Crippen molar-refractivity contribution < 1.29 is 4.79 Å². The highest BCUT2D eigenvalue weighted by atomic mass is 16.2. The van der Waals surface area contributed by atoms with E-state index >= 15 is 0 Å². The first-order valence-corrected chi connectivity index (χ1v) is 11.7. The highest BCUT2D eigenvalue weighted by Gasteiger charge is 2.37. The van der Waals surface area contributed by atoms with Crippen LogP contribution in [0.5, 0.6) is 0 Å². The molecule has 0 saturated carbocycles. The number of rotatable bonds is 4. The lowest BCUT2D eigenvalue weighted by Gasteiger charge is -2.42. The van der Waals surface area contributed by atoms with Crippen molar-refractivity contribution in [3.05, 3.63) is 137 Å². The van der Waals surface area contributed by atoms with Crippen molar-refractivity contribution in [2.45, 2.75) is 32.4 Å². The van der Waals surface area contributed by atoms with Crippen LogP contribution in [0.3, 0.4) is 0 Å². The van der Waals surface area contributed by atoms with Gasteiger partial charge in [-0.05, 0) is 55.2 Å².